The zero-order valence-corrected chi connectivity index (χ0v) is 16.9. The lowest BCUT2D eigenvalue weighted by molar-refractivity contribution is -0.281. The molecular weight excluding hydrogens is 412 g/mol. The molecule has 0 aromatic rings. The largest absolute Gasteiger partial charge is 0.464 e. The van der Waals surface area contributed by atoms with Crippen LogP contribution in [0.3, 0.4) is 0 Å². The van der Waals surface area contributed by atoms with Crippen molar-refractivity contribution in [1.82, 2.24) is 0 Å². The Hall–Kier alpha value is -0.270. The van der Waals surface area contributed by atoms with Crippen molar-refractivity contribution in [2.45, 2.75) is 12.5 Å². The Morgan fingerprint density at radius 3 is 1.40 bits per heavy atom. The van der Waals surface area contributed by atoms with E-state index in [0.717, 1.165) is 0 Å². The molecule has 0 heterocycles. The zero-order chi connectivity index (χ0) is 19.3. The van der Waals surface area contributed by atoms with E-state index in [1.54, 1.807) is 0 Å². The first-order valence-electron chi connectivity index (χ1n) is 7.07. The highest BCUT2D eigenvalue weighted by Gasteiger charge is 2.38. The van der Waals surface area contributed by atoms with E-state index in [-0.39, 0.29) is 49.3 Å². The average molecular weight is 435 g/mol. The smallest absolute Gasteiger partial charge is 0.315 e. The summed E-state index contributed by atoms with van der Waals surface area (Å²) in [6.45, 7) is -0.751. The average Bonchev–Trinajstić information content (AvgIpc) is 2.65. The predicted octanol–water partition coefficient (Wildman–Crippen LogP) is 0.570. The number of esters is 3. The first-order valence-corrected chi connectivity index (χ1v) is 9.60. The summed E-state index contributed by atoms with van der Waals surface area (Å²) in [5.41, 5.74) is -1.15. The van der Waals surface area contributed by atoms with Crippen LogP contribution in [0.1, 0.15) is 6.42 Å². The Morgan fingerprint density at radius 1 is 0.800 bits per heavy atom. The summed E-state index contributed by atoms with van der Waals surface area (Å²) >= 11 is 15.5. The van der Waals surface area contributed by atoms with Crippen LogP contribution in [0, 0.1) is 5.41 Å². The number of hydrogen-bond donors (Lipinski definition) is 5. The second-order valence-corrected chi connectivity index (χ2v) is 6.38. The van der Waals surface area contributed by atoms with E-state index in [1.165, 1.54) is 0 Å². The van der Waals surface area contributed by atoms with Gasteiger partial charge in [-0.15, -0.1) is 0 Å². The normalized spacial score (nSPS) is 12.4. The molecule has 0 fully saturated rings. The summed E-state index contributed by atoms with van der Waals surface area (Å²) in [6.07, 6.45) is -0.741. The van der Waals surface area contributed by atoms with Gasteiger partial charge in [0.2, 0.25) is 0 Å². The minimum absolute atomic E-state index is 0.0343. The molecule has 25 heavy (non-hydrogen) atoms. The molecule has 0 aliphatic carbocycles. The van der Waals surface area contributed by atoms with Gasteiger partial charge in [-0.3, -0.25) is 19.6 Å². The van der Waals surface area contributed by atoms with E-state index in [0.29, 0.717) is 0 Å². The Bertz CT molecular complexity index is 380. The van der Waals surface area contributed by atoms with Crippen molar-refractivity contribution in [2.24, 2.45) is 5.41 Å². The van der Waals surface area contributed by atoms with Gasteiger partial charge in [0.05, 0.1) is 22.7 Å². The first-order chi connectivity index (χ1) is 11.9. The van der Waals surface area contributed by atoms with Crippen molar-refractivity contribution in [3.63, 3.8) is 0 Å². The third-order valence-electron chi connectivity index (χ3n) is 3.02. The van der Waals surface area contributed by atoms with Crippen molar-refractivity contribution in [2.75, 3.05) is 42.8 Å². The lowest BCUT2D eigenvalue weighted by atomic mass is 9.84. The van der Waals surface area contributed by atoms with E-state index in [9.17, 15) is 14.4 Å². The van der Waals surface area contributed by atoms with Gasteiger partial charge in [-0.1, -0.05) is 0 Å². The van der Waals surface area contributed by atoms with Gasteiger partial charge >= 0.3 is 17.9 Å². The monoisotopic (exact) mass is 434 g/mol. The van der Waals surface area contributed by atoms with Crippen LogP contribution in [-0.4, -0.2) is 72.1 Å². The van der Waals surface area contributed by atoms with Crippen LogP contribution in [-0.2, 0) is 33.5 Å². The Labute approximate surface area is 167 Å². The minimum Gasteiger partial charge on any atom is -0.464 e. The molecule has 0 saturated heterocycles. The van der Waals surface area contributed by atoms with E-state index in [4.69, 9.17) is 19.5 Å². The molecule has 0 saturated carbocycles. The molecule has 0 radical (unpaired) electrons. The molecule has 8 nitrogen and oxygen atoms in total. The summed E-state index contributed by atoms with van der Waals surface area (Å²) in [5.74, 6) is -2.18. The topological polar surface area (TPSA) is 108 Å². The van der Waals surface area contributed by atoms with Crippen LogP contribution >= 0.6 is 50.5 Å². The highest BCUT2D eigenvalue weighted by molar-refractivity contribution is 7.81. The van der Waals surface area contributed by atoms with E-state index >= 15 is 0 Å². The third-order valence-corrected chi connectivity index (χ3v) is 4.20. The van der Waals surface area contributed by atoms with Gasteiger partial charge in [0.15, 0.2) is 0 Å². The molecule has 146 valence electrons. The molecule has 0 aromatic carbocycles. The molecule has 1 N–H and O–H groups in total. The number of rotatable bonds is 13. The molecule has 0 bridgehead atoms. The van der Waals surface area contributed by atoms with Crippen molar-refractivity contribution >= 4 is 68.4 Å². The van der Waals surface area contributed by atoms with Crippen molar-refractivity contribution in [1.29, 1.82) is 0 Å². The van der Waals surface area contributed by atoms with Crippen LogP contribution in [0.5, 0.6) is 0 Å². The molecular formula is C13H22O8S4. The molecule has 0 aliphatic heterocycles. The lowest BCUT2D eigenvalue weighted by Gasteiger charge is -2.33. The first kappa shape index (κ1) is 24.7. The minimum atomic E-state index is -1.15. The predicted molar refractivity (Wildman–Crippen MR) is 103 cm³/mol. The standard InChI is InChI=1S/C13H22O8S4/c14-10(3-23)18-6-13(1-9(2-22)21-17,7-19-11(15)4-24)8-20-12(16)5-25/h9,17,22-25H,1-8H2. The van der Waals surface area contributed by atoms with E-state index < -0.39 is 29.4 Å². The Balaban J connectivity index is 5.34. The quantitative estimate of drug-likeness (QED) is 0.0942. The molecule has 12 heteroatoms. The molecule has 1 unspecified atom stereocenters. The van der Waals surface area contributed by atoms with Crippen LogP contribution in [0.15, 0.2) is 0 Å². The number of ether oxygens (including phenoxy) is 3. The highest BCUT2D eigenvalue weighted by atomic mass is 32.1. The van der Waals surface area contributed by atoms with Crippen LogP contribution < -0.4 is 0 Å². The second kappa shape index (κ2) is 13.9. The molecule has 0 amide bonds. The molecule has 0 spiro atoms. The van der Waals surface area contributed by atoms with Crippen LogP contribution in [0.4, 0.5) is 0 Å². The highest BCUT2D eigenvalue weighted by Crippen LogP contribution is 2.28. The van der Waals surface area contributed by atoms with Crippen molar-refractivity contribution in [3.8, 4) is 0 Å². The second-order valence-electron chi connectivity index (χ2n) is 5.07. The summed E-state index contributed by atoms with van der Waals surface area (Å²) < 4.78 is 15.2. The molecule has 0 aliphatic rings. The molecule has 1 atom stereocenters. The summed E-state index contributed by atoms with van der Waals surface area (Å²) in [6, 6.07) is 0. The number of hydrogen-bond acceptors (Lipinski definition) is 12. The van der Waals surface area contributed by atoms with Crippen LogP contribution in [0.2, 0.25) is 0 Å². The van der Waals surface area contributed by atoms with E-state index in [2.05, 4.69) is 55.4 Å². The number of thiol groups is 4. The van der Waals surface area contributed by atoms with Gasteiger partial charge in [0, 0.05) is 5.75 Å². The lowest BCUT2D eigenvalue weighted by Crippen LogP contribution is -2.43. The maximum Gasteiger partial charge on any atom is 0.315 e. The summed E-state index contributed by atoms with van der Waals surface area (Å²) in [4.78, 5) is 38.6. The number of carbonyl (C=O) groups is 3. The molecule has 0 aromatic heterocycles. The maximum atomic E-state index is 11.4. The fraction of sp³-hybridized carbons (Fsp3) is 0.769. The van der Waals surface area contributed by atoms with Gasteiger partial charge in [-0.05, 0) is 6.42 Å². The van der Waals surface area contributed by atoms with E-state index in [1.807, 2.05) is 0 Å². The summed E-state index contributed by atoms with van der Waals surface area (Å²) in [5, 5.41) is 8.95. The zero-order valence-electron chi connectivity index (χ0n) is 13.3. The van der Waals surface area contributed by atoms with Gasteiger partial charge in [0.25, 0.3) is 0 Å². The Morgan fingerprint density at radius 2 is 1.16 bits per heavy atom. The fourth-order valence-electron chi connectivity index (χ4n) is 1.76. The third kappa shape index (κ3) is 10.5. The summed E-state index contributed by atoms with van der Waals surface area (Å²) in [7, 11) is 0. The number of carbonyl (C=O) groups excluding carboxylic acids is 3. The molecule has 0 rings (SSSR count). The Kier molecular flexibility index (Phi) is 13.7. The maximum absolute atomic E-state index is 11.4. The van der Waals surface area contributed by atoms with Gasteiger partial charge in [0.1, 0.15) is 25.9 Å². The van der Waals surface area contributed by atoms with Crippen molar-refractivity contribution in [3.05, 3.63) is 0 Å². The SMILES string of the molecule is O=C(CS)OCC(COC(=O)CS)(COC(=O)CS)CC(CS)OO. The van der Waals surface area contributed by atoms with Gasteiger partial charge in [-0.2, -0.15) is 50.5 Å². The fourth-order valence-corrected chi connectivity index (χ4v) is 2.23. The van der Waals surface area contributed by atoms with Gasteiger partial charge in [-0.25, -0.2) is 4.89 Å². The van der Waals surface area contributed by atoms with Crippen molar-refractivity contribution < 1.29 is 38.7 Å². The van der Waals surface area contributed by atoms with Gasteiger partial charge < -0.3 is 14.2 Å². The van der Waals surface area contributed by atoms with Crippen LogP contribution in [0.25, 0.3) is 0 Å².